The highest BCUT2D eigenvalue weighted by atomic mass is 16.6. The van der Waals surface area contributed by atoms with Crippen molar-refractivity contribution in [3.05, 3.63) is 51.3 Å². The van der Waals surface area contributed by atoms with Crippen molar-refractivity contribution in [2.45, 2.75) is 13.2 Å². The summed E-state index contributed by atoms with van der Waals surface area (Å²) in [6.45, 7) is -0.923. The van der Waals surface area contributed by atoms with E-state index in [0.29, 0.717) is 17.1 Å². The minimum Gasteiger partial charge on any atom is -0.497 e. The number of ether oxygens (including phenoxy) is 3. The van der Waals surface area contributed by atoms with Gasteiger partial charge in [0, 0.05) is 20.2 Å². The molecule has 3 aromatic heterocycles. The average molecular weight is 456 g/mol. The normalized spacial score (nSPS) is 11.0. The minimum atomic E-state index is -0.822. The number of benzene rings is 1. The van der Waals surface area contributed by atoms with Crippen molar-refractivity contribution >= 4 is 17.1 Å². The molecule has 0 spiro atoms. The van der Waals surface area contributed by atoms with Crippen LogP contribution in [0.15, 0.2) is 38.6 Å². The van der Waals surface area contributed by atoms with E-state index in [-0.39, 0.29) is 29.5 Å². The Morgan fingerprint density at radius 1 is 1.15 bits per heavy atom. The second-order valence-corrected chi connectivity index (χ2v) is 7.00. The summed E-state index contributed by atoms with van der Waals surface area (Å²) < 4.78 is 24.2. The van der Waals surface area contributed by atoms with Crippen LogP contribution in [0.1, 0.15) is 5.89 Å². The number of esters is 1. The third-order valence-electron chi connectivity index (χ3n) is 4.96. The topological polar surface area (TPSA) is 145 Å². The van der Waals surface area contributed by atoms with Crippen LogP contribution in [0.25, 0.3) is 22.6 Å². The van der Waals surface area contributed by atoms with Crippen LogP contribution in [-0.2, 0) is 36.8 Å². The molecule has 0 aliphatic rings. The summed E-state index contributed by atoms with van der Waals surface area (Å²) in [5.74, 6) is 0.502. The fourth-order valence-corrected chi connectivity index (χ4v) is 3.26. The number of rotatable bonds is 7. The van der Waals surface area contributed by atoms with Crippen LogP contribution in [0.4, 0.5) is 0 Å². The first kappa shape index (κ1) is 21.8. The fraction of sp³-hybridized carbons (Fsp3) is 0.300. The molecule has 0 aliphatic heterocycles. The number of hydrogen-bond acceptors (Lipinski definition) is 10. The molecular formula is C20H20N6O7. The van der Waals surface area contributed by atoms with Crippen molar-refractivity contribution in [3.63, 3.8) is 0 Å². The van der Waals surface area contributed by atoms with Gasteiger partial charge in [-0.1, -0.05) is 5.16 Å². The zero-order chi connectivity index (χ0) is 23.7. The van der Waals surface area contributed by atoms with Gasteiger partial charge in [-0.05, 0) is 12.1 Å². The molecule has 1 aromatic carbocycles. The van der Waals surface area contributed by atoms with Gasteiger partial charge in [0.15, 0.2) is 17.8 Å². The second-order valence-electron chi connectivity index (χ2n) is 7.00. The summed E-state index contributed by atoms with van der Waals surface area (Å²) in [4.78, 5) is 45.7. The Labute approximate surface area is 185 Å². The molecule has 4 aromatic rings. The van der Waals surface area contributed by atoms with Crippen LogP contribution in [0, 0.1) is 0 Å². The van der Waals surface area contributed by atoms with Gasteiger partial charge in [0.2, 0.25) is 5.82 Å². The third-order valence-corrected chi connectivity index (χ3v) is 4.96. The van der Waals surface area contributed by atoms with Crippen LogP contribution >= 0.6 is 0 Å². The Kier molecular flexibility index (Phi) is 5.69. The van der Waals surface area contributed by atoms with Gasteiger partial charge in [-0.2, -0.15) is 4.98 Å². The molecule has 4 rings (SSSR count). The van der Waals surface area contributed by atoms with Crippen LogP contribution in [0.2, 0.25) is 0 Å². The molecule has 3 heterocycles. The zero-order valence-corrected chi connectivity index (χ0v) is 18.3. The van der Waals surface area contributed by atoms with Crippen molar-refractivity contribution < 1.29 is 23.5 Å². The Balaban J connectivity index is 1.49. The van der Waals surface area contributed by atoms with Gasteiger partial charge in [0.1, 0.15) is 18.0 Å². The maximum atomic E-state index is 12.7. The summed E-state index contributed by atoms with van der Waals surface area (Å²) in [5.41, 5.74) is -0.352. The molecule has 13 heteroatoms. The van der Waals surface area contributed by atoms with Gasteiger partial charge in [-0.15, -0.1) is 0 Å². The summed E-state index contributed by atoms with van der Waals surface area (Å²) in [6, 6.07) is 5.09. The number of carbonyl (C=O) groups is 1. The average Bonchev–Trinajstić information content (AvgIpc) is 3.45. The van der Waals surface area contributed by atoms with E-state index in [4.69, 9.17) is 18.7 Å². The van der Waals surface area contributed by atoms with E-state index >= 15 is 0 Å². The lowest BCUT2D eigenvalue weighted by molar-refractivity contribution is -0.146. The predicted molar refractivity (Wildman–Crippen MR) is 113 cm³/mol. The van der Waals surface area contributed by atoms with E-state index in [9.17, 15) is 14.4 Å². The largest absolute Gasteiger partial charge is 0.497 e. The zero-order valence-electron chi connectivity index (χ0n) is 18.3. The highest BCUT2D eigenvalue weighted by molar-refractivity contribution is 5.72. The molecule has 172 valence electrons. The van der Waals surface area contributed by atoms with Gasteiger partial charge in [0.05, 0.1) is 26.1 Å². The molecule has 0 amide bonds. The number of methoxy groups -OCH3 is 2. The highest BCUT2D eigenvalue weighted by Crippen LogP contribution is 2.31. The lowest BCUT2D eigenvalue weighted by atomic mass is 10.2. The lowest BCUT2D eigenvalue weighted by Crippen LogP contribution is -2.41. The number of carbonyl (C=O) groups excluding carboxylic acids is 1. The summed E-state index contributed by atoms with van der Waals surface area (Å²) in [7, 11) is 6.12. The molecule has 0 radical (unpaired) electrons. The van der Waals surface area contributed by atoms with Gasteiger partial charge in [-0.3, -0.25) is 14.2 Å². The Morgan fingerprint density at radius 3 is 2.67 bits per heavy atom. The number of aryl methyl sites for hydroxylation is 2. The second kappa shape index (κ2) is 8.61. The lowest BCUT2D eigenvalue weighted by Gasteiger charge is -2.08. The molecule has 33 heavy (non-hydrogen) atoms. The first-order valence-corrected chi connectivity index (χ1v) is 9.65. The van der Waals surface area contributed by atoms with Crippen LogP contribution in [0.5, 0.6) is 11.5 Å². The van der Waals surface area contributed by atoms with Gasteiger partial charge in [0.25, 0.3) is 11.4 Å². The molecule has 0 unspecified atom stereocenters. The van der Waals surface area contributed by atoms with Crippen LogP contribution in [-0.4, -0.2) is 49.0 Å². The molecule has 0 saturated heterocycles. The van der Waals surface area contributed by atoms with E-state index < -0.39 is 23.8 Å². The van der Waals surface area contributed by atoms with Crippen molar-refractivity contribution in [1.29, 1.82) is 0 Å². The van der Waals surface area contributed by atoms with Crippen LogP contribution < -0.4 is 20.7 Å². The third kappa shape index (κ3) is 3.95. The monoisotopic (exact) mass is 456 g/mol. The first-order chi connectivity index (χ1) is 15.8. The maximum absolute atomic E-state index is 12.7. The summed E-state index contributed by atoms with van der Waals surface area (Å²) in [5, 5.41) is 3.87. The molecule has 0 N–H and O–H groups in total. The van der Waals surface area contributed by atoms with Crippen molar-refractivity contribution in [3.8, 4) is 22.9 Å². The standard InChI is InChI=1S/C20H20N6O7/c1-24-10-21-18-16(24)19(28)26(20(29)25(18)2)8-15(27)32-9-14-22-17(23-33-14)12-6-5-11(30-3)7-13(12)31-4/h5-7,10H,8-9H2,1-4H3. The van der Waals surface area contributed by atoms with E-state index in [0.717, 1.165) is 4.57 Å². The number of imidazole rings is 1. The number of hydrogen-bond donors (Lipinski definition) is 0. The predicted octanol–water partition coefficient (Wildman–Crippen LogP) is 0.244. The molecular weight excluding hydrogens is 436 g/mol. The number of fused-ring (bicyclic) bond motifs is 1. The first-order valence-electron chi connectivity index (χ1n) is 9.65. The smallest absolute Gasteiger partial charge is 0.333 e. The molecule has 0 atom stereocenters. The Bertz CT molecular complexity index is 1460. The summed E-state index contributed by atoms with van der Waals surface area (Å²) in [6.07, 6.45) is 1.42. The van der Waals surface area contributed by atoms with E-state index in [1.165, 1.54) is 36.7 Å². The van der Waals surface area contributed by atoms with E-state index in [1.807, 2.05) is 0 Å². The van der Waals surface area contributed by atoms with Gasteiger partial charge >= 0.3 is 11.7 Å². The Morgan fingerprint density at radius 2 is 1.94 bits per heavy atom. The van der Waals surface area contributed by atoms with Crippen LogP contribution in [0.3, 0.4) is 0 Å². The Hall–Kier alpha value is -4.42. The summed E-state index contributed by atoms with van der Waals surface area (Å²) >= 11 is 0. The number of nitrogens with zero attached hydrogens (tertiary/aromatic N) is 6. The molecule has 0 aliphatic carbocycles. The molecule has 13 nitrogen and oxygen atoms in total. The molecule has 0 saturated carbocycles. The van der Waals surface area contributed by atoms with Crippen molar-refractivity contribution in [2.75, 3.05) is 14.2 Å². The van der Waals surface area contributed by atoms with E-state index in [1.54, 1.807) is 25.2 Å². The van der Waals surface area contributed by atoms with Crippen molar-refractivity contribution in [1.82, 2.24) is 28.8 Å². The van der Waals surface area contributed by atoms with E-state index in [2.05, 4.69) is 15.1 Å². The SMILES string of the molecule is COc1ccc(-c2noc(COC(=O)Cn3c(=O)c4c(ncn4C)n(C)c3=O)n2)c(OC)c1. The fourth-order valence-electron chi connectivity index (χ4n) is 3.26. The minimum absolute atomic E-state index is 0.0264. The molecule has 0 bridgehead atoms. The van der Waals surface area contributed by atoms with Crippen molar-refractivity contribution in [2.24, 2.45) is 14.1 Å². The number of aromatic nitrogens is 6. The maximum Gasteiger partial charge on any atom is 0.333 e. The van der Waals surface area contributed by atoms with Gasteiger partial charge in [-0.25, -0.2) is 14.3 Å². The van der Waals surface area contributed by atoms with Gasteiger partial charge < -0.3 is 23.3 Å². The quantitative estimate of drug-likeness (QED) is 0.355. The highest BCUT2D eigenvalue weighted by Gasteiger charge is 2.19. The molecule has 0 fully saturated rings.